The van der Waals surface area contributed by atoms with Crippen molar-refractivity contribution in [3.05, 3.63) is 79.0 Å². The molecule has 1 amide bonds. The number of carbonyl (C=O) groups excluding carboxylic acids is 1. The second-order valence-corrected chi connectivity index (χ2v) is 7.23. The molecule has 0 aliphatic carbocycles. The molecule has 0 unspecified atom stereocenters. The van der Waals surface area contributed by atoms with Crippen molar-refractivity contribution in [1.29, 1.82) is 0 Å². The number of nitrogens with zero attached hydrogens (tertiary/aromatic N) is 5. The maximum Gasteiger partial charge on any atom is 0.237 e. The zero-order valence-corrected chi connectivity index (χ0v) is 16.6. The van der Waals surface area contributed by atoms with Crippen LogP contribution in [0.15, 0.2) is 82.8 Å². The predicted octanol–water partition coefficient (Wildman–Crippen LogP) is 3.80. The van der Waals surface area contributed by atoms with Crippen LogP contribution in [0.2, 0.25) is 0 Å². The van der Waals surface area contributed by atoms with Crippen LogP contribution in [0.3, 0.4) is 0 Å². The molecule has 0 spiro atoms. The summed E-state index contributed by atoms with van der Waals surface area (Å²) < 4.78 is 7.31. The SMILES string of the molecule is Cn1c(SCC(=O)N(Cc2ccco2)c2ccccc2)nnc1-c1cccnc1. The van der Waals surface area contributed by atoms with Crippen LogP contribution in [0, 0.1) is 0 Å². The normalized spacial score (nSPS) is 10.8. The number of aromatic nitrogens is 4. The fraction of sp³-hybridized carbons (Fsp3) is 0.143. The van der Waals surface area contributed by atoms with Gasteiger partial charge in [0.1, 0.15) is 5.76 Å². The molecule has 0 N–H and O–H groups in total. The van der Waals surface area contributed by atoms with Gasteiger partial charge in [-0.15, -0.1) is 10.2 Å². The minimum absolute atomic E-state index is 0.0384. The van der Waals surface area contributed by atoms with Gasteiger partial charge in [0.15, 0.2) is 11.0 Å². The van der Waals surface area contributed by atoms with Gasteiger partial charge in [-0.25, -0.2) is 0 Å². The molecule has 4 aromatic rings. The number of amides is 1. The van der Waals surface area contributed by atoms with E-state index in [0.717, 1.165) is 17.0 Å². The van der Waals surface area contributed by atoms with Gasteiger partial charge in [-0.05, 0) is 36.4 Å². The Hall–Kier alpha value is -3.39. The Morgan fingerprint density at radius 2 is 1.97 bits per heavy atom. The van der Waals surface area contributed by atoms with Crippen molar-refractivity contribution in [2.24, 2.45) is 7.05 Å². The summed E-state index contributed by atoms with van der Waals surface area (Å²) in [6.45, 7) is 0.371. The van der Waals surface area contributed by atoms with E-state index in [9.17, 15) is 4.79 Å². The summed E-state index contributed by atoms with van der Waals surface area (Å²) in [4.78, 5) is 18.9. The number of para-hydroxylation sites is 1. The highest BCUT2D eigenvalue weighted by atomic mass is 32.2. The van der Waals surface area contributed by atoms with E-state index in [4.69, 9.17) is 4.42 Å². The first-order valence-electron chi connectivity index (χ1n) is 9.03. The number of furan rings is 1. The van der Waals surface area contributed by atoms with Crippen LogP contribution >= 0.6 is 11.8 Å². The topological polar surface area (TPSA) is 77.0 Å². The predicted molar refractivity (Wildman–Crippen MR) is 111 cm³/mol. The van der Waals surface area contributed by atoms with E-state index in [1.165, 1.54) is 11.8 Å². The highest BCUT2D eigenvalue weighted by molar-refractivity contribution is 7.99. The molecule has 0 radical (unpaired) electrons. The first kappa shape index (κ1) is 18.9. The molecule has 8 heteroatoms. The molecule has 0 saturated heterocycles. The number of anilines is 1. The van der Waals surface area contributed by atoms with E-state index >= 15 is 0 Å². The number of carbonyl (C=O) groups is 1. The van der Waals surface area contributed by atoms with Gasteiger partial charge in [-0.1, -0.05) is 30.0 Å². The van der Waals surface area contributed by atoms with Gasteiger partial charge in [-0.2, -0.15) is 0 Å². The van der Waals surface area contributed by atoms with Crippen LogP contribution in [0.1, 0.15) is 5.76 Å². The smallest absolute Gasteiger partial charge is 0.237 e. The van der Waals surface area contributed by atoms with Gasteiger partial charge in [0.05, 0.1) is 18.6 Å². The van der Waals surface area contributed by atoms with Crippen molar-refractivity contribution in [3.63, 3.8) is 0 Å². The lowest BCUT2D eigenvalue weighted by Crippen LogP contribution is -2.31. The van der Waals surface area contributed by atoms with Crippen LogP contribution in [0.5, 0.6) is 0 Å². The largest absolute Gasteiger partial charge is 0.467 e. The molecule has 0 atom stereocenters. The van der Waals surface area contributed by atoms with Crippen LogP contribution < -0.4 is 4.90 Å². The summed E-state index contributed by atoms with van der Waals surface area (Å²) >= 11 is 1.35. The second kappa shape index (κ2) is 8.74. The van der Waals surface area contributed by atoms with Gasteiger partial charge in [0.25, 0.3) is 0 Å². The van der Waals surface area contributed by atoms with Gasteiger partial charge < -0.3 is 13.9 Å². The van der Waals surface area contributed by atoms with E-state index < -0.39 is 0 Å². The van der Waals surface area contributed by atoms with E-state index in [1.807, 2.05) is 66.2 Å². The maximum atomic E-state index is 13.0. The molecule has 3 heterocycles. The standard InChI is InChI=1S/C21H19N5O2S/c1-25-20(16-7-5-11-22-13-16)23-24-21(25)29-15-19(27)26(14-18-10-6-12-28-18)17-8-3-2-4-9-17/h2-13H,14-15H2,1H3. The maximum absolute atomic E-state index is 13.0. The minimum atomic E-state index is -0.0384. The number of thioether (sulfide) groups is 1. The fourth-order valence-corrected chi connectivity index (χ4v) is 3.67. The van der Waals surface area contributed by atoms with Crippen molar-refractivity contribution in [3.8, 4) is 11.4 Å². The number of hydrogen-bond donors (Lipinski definition) is 0. The van der Waals surface area contributed by atoms with Crippen LogP contribution in [0.4, 0.5) is 5.69 Å². The summed E-state index contributed by atoms with van der Waals surface area (Å²) in [6, 6.07) is 17.0. The molecule has 0 aliphatic heterocycles. The van der Waals surface area contributed by atoms with Gasteiger partial charge in [0.2, 0.25) is 5.91 Å². The van der Waals surface area contributed by atoms with Crippen molar-refractivity contribution in [1.82, 2.24) is 19.7 Å². The summed E-state index contributed by atoms with van der Waals surface area (Å²) in [6.07, 6.45) is 5.06. The third-order valence-electron chi connectivity index (χ3n) is 4.34. The Labute approximate surface area is 172 Å². The zero-order valence-electron chi connectivity index (χ0n) is 15.8. The summed E-state index contributed by atoms with van der Waals surface area (Å²) in [5, 5.41) is 9.14. The second-order valence-electron chi connectivity index (χ2n) is 6.29. The molecule has 0 bridgehead atoms. The van der Waals surface area contributed by atoms with E-state index in [0.29, 0.717) is 17.5 Å². The number of benzene rings is 1. The van der Waals surface area contributed by atoms with E-state index in [2.05, 4.69) is 15.2 Å². The number of rotatable bonds is 7. The summed E-state index contributed by atoms with van der Waals surface area (Å²) in [5.74, 6) is 1.63. The molecule has 0 saturated carbocycles. The van der Waals surface area contributed by atoms with Crippen molar-refractivity contribution in [2.45, 2.75) is 11.7 Å². The van der Waals surface area contributed by atoms with Crippen LogP contribution in [-0.2, 0) is 18.4 Å². The minimum Gasteiger partial charge on any atom is -0.467 e. The Bertz CT molecular complexity index is 1070. The lowest BCUT2D eigenvalue weighted by atomic mass is 10.2. The molecular formula is C21H19N5O2S. The number of pyridine rings is 1. The van der Waals surface area contributed by atoms with E-state index in [1.54, 1.807) is 23.6 Å². The van der Waals surface area contributed by atoms with Crippen molar-refractivity contribution in [2.75, 3.05) is 10.7 Å². The first-order chi connectivity index (χ1) is 14.2. The van der Waals surface area contributed by atoms with Gasteiger partial charge >= 0.3 is 0 Å². The highest BCUT2D eigenvalue weighted by Crippen LogP contribution is 2.24. The number of hydrogen-bond acceptors (Lipinski definition) is 6. The Morgan fingerprint density at radius 3 is 2.69 bits per heavy atom. The lowest BCUT2D eigenvalue weighted by Gasteiger charge is -2.21. The van der Waals surface area contributed by atoms with Crippen LogP contribution in [0.25, 0.3) is 11.4 Å². The molecule has 146 valence electrons. The average molecular weight is 405 g/mol. The molecule has 3 aromatic heterocycles. The Kier molecular flexibility index (Phi) is 5.71. The Balaban J connectivity index is 1.49. The molecule has 0 aliphatic rings. The average Bonchev–Trinajstić information content (AvgIpc) is 3.41. The van der Waals surface area contributed by atoms with E-state index in [-0.39, 0.29) is 11.7 Å². The lowest BCUT2D eigenvalue weighted by molar-refractivity contribution is -0.116. The monoisotopic (exact) mass is 405 g/mol. The summed E-state index contributed by atoms with van der Waals surface area (Å²) in [5.41, 5.74) is 1.70. The quantitative estimate of drug-likeness (QED) is 0.435. The van der Waals surface area contributed by atoms with Gasteiger partial charge in [-0.3, -0.25) is 9.78 Å². The Morgan fingerprint density at radius 1 is 1.10 bits per heavy atom. The van der Waals surface area contributed by atoms with Crippen molar-refractivity contribution < 1.29 is 9.21 Å². The third kappa shape index (κ3) is 4.38. The highest BCUT2D eigenvalue weighted by Gasteiger charge is 2.19. The third-order valence-corrected chi connectivity index (χ3v) is 5.35. The molecule has 1 aromatic carbocycles. The molecule has 29 heavy (non-hydrogen) atoms. The van der Waals surface area contributed by atoms with Gasteiger partial charge in [0, 0.05) is 30.7 Å². The fourth-order valence-electron chi connectivity index (χ4n) is 2.88. The molecule has 0 fully saturated rings. The van der Waals surface area contributed by atoms with Crippen molar-refractivity contribution >= 4 is 23.4 Å². The molecule has 7 nitrogen and oxygen atoms in total. The molecule has 4 rings (SSSR count). The zero-order chi connectivity index (χ0) is 20.1. The first-order valence-corrected chi connectivity index (χ1v) is 10.0. The molecular weight excluding hydrogens is 386 g/mol. The summed E-state index contributed by atoms with van der Waals surface area (Å²) in [7, 11) is 1.88. The van der Waals surface area contributed by atoms with Crippen LogP contribution in [-0.4, -0.2) is 31.4 Å².